The molecular weight excluding hydrogens is 302 g/mol. The highest BCUT2D eigenvalue weighted by molar-refractivity contribution is 7.15. The van der Waals surface area contributed by atoms with Crippen molar-refractivity contribution in [2.24, 2.45) is 0 Å². The summed E-state index contributed by atoms with van der Waals surface area (Å²) in [5.41, 5.74) is 7.43. The van der Waals surface area contributed by atoms with Gasteiger partial charge >= 0.3 is 0 Å². The summed E-state index contributed by atoms with van der Waals surface area (Å²) in [4.78, 5) is 17.2. The lowest BCUT2D eigenvalue weighted by Gasteiger charge is -2.09. The van der Waals surface area contributed by atoms with Crippen molar-refractivity contribution in [1.29, 1.82) is 0 Å². The minimum absolute atomic E-state index is 0.0201. The number of H-pyrrole nitrogens is 1. The average Bonchev–Trinajstić information content (AvgIpc) is 3.21. The smallest absolute Gasteiger partial charge is 0.221 e. The van der Waals surface area contributed by atoms with Crippen molar-refractivity contribution in [2.75, 3.05) is 5.73 Å². The van der Waals surface area contributed by atoms with E-state index in [2.05, 4.69) is 20.5 Å². The number of hydrogen-bond acceptors (Lipinski definition) is 6. The zero-order valence-corrected chi connectivity index (χ0v) is 12.3. The standard InChI is InChI=1S/C14H13N5O2S/c15-14-18-9-6-16-12(20)5-7(13(9)22-14)10-1-2-11(21-10)8-3-4-17-19-8/h1-4,7H,5-6H2,(H2,15,18)(H,16,20)(H,17,19). The predicted octanol–water partition coefficient (Wildman–Crippen LogP) is 1.86. The molecule has 112 valence electrons. The van der Waals surface area contributed by atoms with E-state index in [1.54, 1.807) is 6.20 Å². The Hall–Kier alpha value is -2.61. The SMILES string of the molecule is Nc1nc2c(s1)C(c1ccc(-c3ccn[nH]3)o1)CC(=O)NC2. The molecule has 0 radical (unpaired) electrons. The molecule has 22 heavy (non-hydrogen) atoms. The van der Waals surface area contributed by atoms with E-state index in [1.165, 1.54) is 11.3 Å². The number of fused-ring (bicyclic) bond motifs is 1. The molecule has 0 saturated carbocycles. The van der Waals surface area contributed by atoms with Gasteiger partial charge in [0, 0.05) is 17.5 Å². The van der Waals surface area contributed by atoms with E-state index in [1.807, 2.05) is 18.2 Å². The Balaban J connectivity index is 1.75. The molecule has 1 aliphatic rings. The minimum atomic E-state index is -0.163. The Kier molecular flexibility index (Phi) is 2.97. The lowest BCUT2D eigenvalue weighted by Crippen LogP contribution is -2.21. The topological polar surface area (TPSA) is 110 Å². The fourth-order valence-corrected chi connectivity index (χ4v) is 3.58. The maximum Gasteiger partial charge on any atom is 0.221 e. The Morgan fingerprint density at radius 2 is 2.27 bits per heavy atom. The third-order valence-electron chi connectivity index (χ3n) is 3.64. The number of furan rings is 1. The fraction of sp³-hybridized carbons (Fsp3) is 0.214. The maximum atomic E-state index is 11.9. The van der Waals surface area contributed by atoms with Crippen molar-refractivity contribution in [3.05, 3.63) is 40.7 Å². The monoisotopic (exact) mass is 315 g/mol. The van der Waals surface area contributed by atoms with Crippen LogP contribution in [-0.4, -0.2) is 21.1 Å². The van der Waals surface area contributed by atoms with Gasteiger partial charge in [-0.3, -0.25) is 9.89 Å². The zero-order chi connectivity index (χ0) is 15.1. The van der Waals surface area contributed by atoms with Crippen LogP contribution in [0.1, 0.15) is 28.7 Å². The number of carbonyl (C=O) groups is 1. The first-order valence-corrected chi connectivity index (χ1v) is 7.63. The van der Waals surface area contributed by atoms with E-state index in [0.29, 0.717) is 23.9 Å². The van der Waals surface area contributed by atoms with Gasteiger partial charge in [0.25, 0.3) is 0 Å². The third-order valence-corrected chi connectivity index (χ3v) is 4.68. The van der Waals surface area contributed by atoms with Crippen LogP contribution >= 0.6 is 11.3 Å². The Morgan fingerprint density at radius 3 is 3.09 bits per heavy atom. The van der Waals surface area contributed by atoms with Crippen molar-refractivity contribution in [1.82, 2.24) is 20.5 Å². The highest BCUT2D eigenvalue weighted by atomic mass is 32.1. The van der Waals surface area contributed by atoms with Crippen molar-refractivity contribution in [3.63, 3.8) is 0 Å². The second-order valence-corrected chi connectivity index (χ2v) is 6.13. The van der Waals surface area contributed by atoms with Crippen molar-refractivity contribution >= 4 is 22.4 Å². The number of carbonyl (C=O) groups excluding carboxylic acids is 1. The van der Waals surface area contributed by atoms with E-state index in [-0.39, 0.29) is 11.8 Å². The molecule has 0 bridgehead atoms. The second kappa shape index (κ2) is 4.99. The van der Waals surface area contributed by atoms with Crippen LogP contribution in [0.25, 0.3) is 11.5 Å². The number of anilines is 1. The normalized spacial score (nSPS) is 17.8. The first-order chi connectivity index (χ1) is 10.7. The summed E-state index contributed by atoms with van der Waals surface area (Å²) < 4.78 is 5.92. The summed E-state index contributed by atoms with van der Waals surface area (Å²) in [5.74, 6) is 1.24. The number of aromatic amines is 1. The Labute approximate surface area is 129 Å². The Bertz CT molecular complexity index is 820. The third kappa shape index (κ3) is 2.17. The number of hydrogen-bond donors (Lipinski definition) is 3. The quantitative estimate of drug-likeness (QED) is 0.668. The van der Waals surface area contributed by atoms with Gasteiger partial charge in [-0.1, -0.05) is 0 Å². The predicted molar refractivity (Wildman–Crippen MR) is 81.1 cm³/mol. The summed E-state index contributed by atoms with van der Waals surface area (Å²) in [6.45, 7) is 0.409. The van der Waals surface area contributed by atoms with Crippen LogP contribution in [0, 0.1) is 0 Å². The molecule has 4 N–H and O–H groups in total. The number of aromatic nitrogens is 3. The van der Waals surface area contributed by atoms with Gasteiger partial charge in [0.2, 0.25) is 5.91 Å². The summed E-state index contributed by atoms with van der Waals surface area (Å²) in [7, 11) is 0. The number of rotatable bonds is 2. The molecule has 0 fully saturated rings. The van der Waals surface area contributed by atoms with Crippen LogP contribution in [0.5, 0.6) is 0 Å². The van der Waals surface area contributed by atoms with Crippen molar-refractivity contribution < 1.29 is 9.21 Å². The van der Waals surface area contributed by atoms with Crippen molar-refractivity contribution in [3.8, 4) is 11.5 Å². The molecule has 0 aromatic carbocycles. The molecule has 3 aromatic rings. The summed E-state index contributed by atoms with van der Waals surface area (Å²) in [6, 6.07) is 5.59. The first-order valence-electron chi connectivity index (χ1n) is 6.82. The molecule has 7 nitrogen and oxygen atoms in total. The molecule has 1 unspecified atom stereocenters. The maximum absolute atomic E-state index is 11.9. The van der Waals surface area contributed by atoms with Crippen molar-refractivity contribution in [2.45, 2.75) is 18.9 Å². The molecule has 1 atom stereocenters. The summed E-state index contributed by atoms with van der Waals surface area (Å²) in [5, 5.41) is 10.1. The largest absolute Gasteiger partial charge is 0.459 e. The summed E-state index contributed by atoms with van der Waals surface area (Å²) in [6.07, 6.45) is 1.99. The number of amides is 1. The van der Waals surface area contributed by atoms with Crippen LogP contribution in [0.15, 0.2) is 28.8 Å². The molecule has 1 aliphatic heterocycles. The van der Waals surface area contributed by atoms with E-state index in [9.17, 15) is 4.79 Å². The van der Waals surface area contributed by atoms with Gasteiger partial charge in [-0.2, -0.15) is 5.10 Å². The number of nitrogens with one attached hydrogen (secondary N) is 2. The average molecular weight is 315 g/mol. The number of thiazole rings is 1. The van der Waals surface area contributed by atoms with Gasteiger partial charge in [0.1, 0.15) is 11.5 Å². The van der Waals surface area contributed by atoms with Crippen LogP contribution in [0.4, 0.5) is 5.13 Å². The highest BCUT2D eigenvalue weighted by Gasteiger charge is 2.30. The molecular formula is C14H13N5O2S. The number of nitrogens with two attached hydrogens (primary N) is 1. The van der Waals surface area contributed by atoms with Gasteiger partial charge in [0.05, 0.1) is 18.2 Å². The first kappa shape index (κ1) is 13.1. The highest BCUT2D eigenvalue weighted by Crippen LogP contribution is 2.38. The lowest BCUT2D eigenvalue weighted by atomic mass is 10.00. The van der Waals surface area contributed by atoms with Crippen LogP contribution in [0.2, 0.25) is 0 Å². The molecule has 8 heteroatoms. The molecule has 0 aliphatic carbocycles. The van der Waals surface area contributed by atoms with Crippen LogP contribution in [-0.2, 0) is 11.3 Å². The van der Waals surface area contributed by atoms with Gasteiger partial charge in [-0.15, -0.1) is 11.3 Å². The molecule has 3 aromatic heterocycles. The van der Waals surface area contributed by atoms with E-state index >= 15 is 0 Å². The Morgan fingerprint density at radius 1 is 1.36 bits per heavy atom. The number of nitrogen functional groups attached to an aromatic ring is 1. The van der Waals surface area contributed by atoms with Crippen LogP contribution in [0.3, 0.4) is 0 Å². The molecule has 4 heterocycles. The zero-order valence-electron chi connectivity index (χ0n) is 11.5. The van der Waals surface area contributed by atoms with E-state index in [4.69, 9.17) is 10.2 Å². The van der Waals surface area contributed by atoms with E-state index < -0.39 is 0 Å². The van der Waals surface area contributed by atoms with Crippen LogP contribution < -0.4 is 11.1 Å². The summed E-state index contributed by atoms with van der Waals surface area (Å²) >= 11 is 1.41. The molecule has 1 amide bonds. The van der Waals surface area contributed by atoms with Gasteiger partial charge in [-0.25, -0.2) is 4.98 Å². The second-order valence-electron chi connectivity index (χ2n) is 5.07. The lowest BCUT2D eigenvalue weighted by molar-refractivity contribution is -0.121. The number of nitrogens with zero attached hydrogens (tertiary/aromatic N) is 2. The molecule has 0 spiro atoms. The van der Waals surface area contributed by atoms with E-state index in [0.717, 1.165) is 22.0 Å². The van der Waals surface area contributed by atoms with Gasteiger partial charge in [-0.05, 0) is 18.2 Å². The van der Waals surface area contributed by atoms with Gasteiger partial charge in [0.15, 0.2) is 10.9 Å². The fourth-order valence-electron chi connectivity index (χ4n) is 2.62. The minimum Gasteiger partial charge on any atom is -0.459 e. The molecule has 0 saturated heterocycles. The molecule has 4 rings (SSSR count). The van der Waals surface area contributed by atoms with Gasteiger partial charge < -0.3 is 15.5 Å².